The highest BCUT2D eigenvalue weighted by molar-refractivity contribution is 7.91. The molecule has 3 heterocycles. The molecule has 114 valence electrons. The molecule has 0 N–H and O–H groups in total. The predicted octanol–water partition coefficient (Wildman–Crippen LogP) is 0.974. The van der Waals surface area contributed by atoms with Gasteiger partial charge in [-0.05, 0) is 13.3 Å². The highest BCUT2D eigenvalue weighted by atomic mass is 32.2. The number of fused-ring (bicyclic) bond motifs is 1. The van der Waals surface area contributed by atoms with Gasteiger partial charge in [0.2, 0.25) is 5.91 Å². The van der Waals surface area contributed by atoms with Crippen LogP contribution < -0.4 is 0 Å². The van der Waals surface area contributed by atoms with E-state index in [2.05, 4.69) is 4.98 Å². The topological polar surface area (TPSA) is 71.8 Å². The molecular formula is C13H17N3O3S2. The van der Waals surface area contributed by atoms with Crippen molar-refractivity contribution in [2.24, 2.45) is 0 Å². The fraction of sp³-hybridized carbons (Fsp3) is 0.538. The lowest BCUT2D eigenvalue weighted by Gasteiger charge is -2.26. The van der Waals surface area contributed by atoms with Crippen LogP contribution in [0, 0.1) is 0 Å². The van der Waals surface area contributed by atoms with Crippen LogP contribution >= 0.6 is 11.3 Å². The van der Waals surface area contributed by atoms with Gasteiger partial charge in [-0.2, -0.15) is 0 Å². The fourth-order valence-electron chi connectivity index (χ4n) is 2.78. The first-order valence-electron chi connectivity index (χ1n) is 6.89. The number of rotatable bonds is 4. The Labute approximate surface area is 127 Å². The van der Waals surface area contributed by atoms with Crippen molar-refractivity contribution in [1.82, 2.24) is 14.3 Å². The normalized spacial score (nSPS) is 20.9. The average Bonchev–Trinajstić information content (AvgIpc) is 3.05. The van der Waals surface area contributed by atoms with E-state index in [9.17, 15) is 13.2 Å². The molecule has 0 aromatic carbocycles. The van der Waals surface area contributed by atoms with Crippen LogP contribution in [0.25, 0.3) is 4.96 Å². The Kier molecular flexibility index (Phi) is 3.75. The molecule has 0 spiro atoms. The van der Waals surface area contributed by atoms with Crippen LogP contribution in [0.1, 0.15) is 19.0 Å². The molecule has 1 amide bonds. The molecule has 0 bridgehead atoms. The number of amides is 1. The summed E-state index contributed by atoms with van der Waals surface area (Å²) in [4.78, 5) is 19.4. The number of thiazole rings is 1. The highest BCUT2D eigenvalue weighted by Crippen LogP contribution is 2.19. The molecule has 1 saturated heterocycles. The van der Waals surface area contributed by atoms with Gasteiger partial charge in [0.15, 0.2) is 14.8 Å². The van der Waals surface area contributed by atoms with E-state index < -0.39 is 9.84 Å². The zero-order chi connectivity index (χ0) is 15.0. The van der Waals surface area contributed by atoms with E-state index >= 15 is 0 Å². The molecule has 1 atom stereocenters. The zero-order valence-electron chi connectivity index (χ0n) is 11.7. The second-order valence-electron chi connectivity index (χ2n) is 5.24. The summed E-state index contributed by atoms with van der Waals surface area (Å²) in [7, 11) is -2.98. The molecule has 1 aliphatic heterocycles. The van der Waals surface area contributed by atoms with Crippen LogP contribution in [0.2, 0.25) is 0 Å². The number of carbonyl (C=O) groups is 1. The third-order valence-corrected chi connectivity index (χ3v) is 6.31. The van der Waals surface area contributed by atoms with Gasteiger partial charge in [-0.15, -0.1) is 11.3 Å². The molecule has 3 rings (SSSR count). The van der Waals surface area contributed by atoms with Gasteiger partial charge in [-0.1, -0.05) is 0 Å². The van der Waals surface area contributed by atoms with Crippen LogP contribution in [-0.2, 0) is 21.1 Å². The third kappa shape index (κ3) is 2.96. The van der Waals surface area contributed by atoms with E-state index in [1.807, 2.05) is 29.1 Å². The number of likely N-dealkylation sites (N-methyl/N-ethyl adjacent to an activating group) is 1. The van der Waals surface area contributed by atoms with E-state index in [1.54, 1.807) is 4.90 Å². The summed E-state index contributed by atoms with van der Waals surface area (Å²) in [5.41, 5.74) is 0.728. The second kappa shape index (κ2) is 5.42. The van der Waals surface area contributed by atoms with Crippen molar-refractivity contribution >= 4 is 32.0 Å². The Morgan fingerprint density at radius 3 is 3.00 bits per heavy atom. The molecule has 2 aromatic heterocycles. The van der Waals surface area contributed by atoms with E-state index in [-0.39, 0.29) is 29.9 Å². The van der Waals surface area contributed by atoms with Crippen molar-refractivity contribution < 1.29 is 13.2 Å². The summed E-state index contributed by atoms with van der Waals surface area (Å²) in [6, 6.07) is -0.184. The average molecular weight is 327 g/mol. The largest absolute Gasteiger partial charge is 0.339 e. The maximum atomic E-state index is 12.4. The Hall–Kier alpha value is -1.41. The summed E-state index contributed by atoms with van der Waals surface area (Å²) in [5, 5.41) is 1.94. The Morgan fingerprint density at radius 2 is 2.38 bits per heavy atom. The maximum absolute atomic E-state index is 12.4. The van der Waals surface area contributed by atoms with Gasteiger partial charge in [0.25, 0.3) is 0 Å². The first-order chi connectivity index (χ1) is 9.98. The standard InChI is InChI=1S/C13H17N3O3S2/c1-2-16(11-3-6-21(18,19)9-11)12(17)7-10-8-15-4-5-20-13(15)14-10/h4-5,8,11H,2-3,6-7,9H2,1H3. The molecule has 2 aromatic rings. The Morgan fingerprint density at radius 1 is 1.57 bits per heavy atom. The molecule has 6 nitrogen and oxygen atoms in total. The van der Waals surface area contributed by atoms with Crippen molar-refractivity contribution in [3.05, 3.63) is 23.5 Å². The Bertz CT molecular complexity index is 734. The lowest BCUT2D eigenvalue weighted by atomic mass is 10.2. The van der Waals surface area contributed by atoms with Crippen LogP contribution in [0.3, 0.4) is 0 Å². The summed E-state index contributed by atoms with van der Waals surface area (Å²) in [6.07, 6.45) is 4.52. The monoisotopic (exact) mass is 327 g/mol. The number of sulfone groups is 1. The molecule has 0 radical (unpaired) electrons. The van der Waals surface area contributed by atoms with Gasteiger partial charge in [-0.25, -0.2) is 13.4 Å². The van der Waals surface area contributed by atoms with Gasteiger partial charge in [0.1, 0.15) is 0 Å². The van der Waals surface area contributed by atoms with E-state index in [1.165, 1.54) is 11.3 Å². The van der Waals surface area contributed by atoms with Gasteiger partial charge in [-0.3, -0.25) is 9.20 Å². The first-order valence-corrected chi connectivity index (χ1v) is 9.59. The molecular weight excluding hydrogens is 310 g/mol. The van der Waals surface area contributed by atoms with Crippen molar-refractivity contribution in [3.63, 3.8) is 0 Å². The second-order valence-corrected chi connectivity index (χ2v) is 8.34. The summed E-state index contributed by atoms with van der Waals surface area (Å²) in [6.45, 7) is 2.41. The van der Waals surface area contributed by atoms with Crippen molar-refractivity contribution in [2.75, 3.05) is 18.1 Å². The summed E-state index contributed by atoms with van der Waals surface area (Å²) >= 11 is 1.52. The minimum absolute atomic E-state index is 0.0506. The van der Waals surface area contributed by atoms with Gasteiger partial charge in [0, 0.05) is 30.4 Å². The molecule has 8 heteroatoms. The number of nitrogens with zero attached hydrogens (tertiary/aromatic N) is 3. The summed E-state index contributed by atoms with van der Waals surface area (Å²) < 4.78 is 25.0. The fourth-order valence-corrected chi connectivity index (χ4v) is 5.23. The van der Waals surface area contributed by atoms with Gasteiger partial charge in [0.05, 0.1) is 23.6 Å². The smallest absolute Gasteiger partial charge is 0.228 e. The molecule has 21 heavy (non-hydrogen) atoms. The minimum Gasteiger partial charge on any atom is -0.339 e. The van der Waals surface area contributed by atoms with Gasteiger partial charge >= 0.3 is 0 Å². The number of carbonyl (C=O) groups excluding carboxylic acids is 1. The first kappa shape index (κ1) is 14.5. The molecule has 0 aliphatic carbocycles. The number of aromatic nitrogens is 2. The Balaban J connectivity index is 1.72. The minimum atomic E-state index is -2.98. The predicted molar refractivity (Wildman–Crippen MR) is 81.2 cm³/mol. The van der Waals surface area contributed by atoms with E-state index in [0.29, 0.717) is 13.0 Å². The van der Waals surface area contributed by atoms with Crippen LogP contribution in [0.15, 0.2) is 17.8 Å². The van der Waals surface area contributed by atoms with E-state index in [4.69, 9.17) is 0 Å². The maximum Gasteiger partial charge on any atom is 0.228 e. The van der Waals surface area contributed by atoms with Crippen molar-refractivity contribution in [1.29, 1.82) is 0 Å². The van der Waals surface area contributed by atoms with Crippen LogP contribution in [-0.4, -0.2) is 52.7 Å². The van der Waals surface area contributed by atoms with Crippen molar-refractivity contribution in [2.45, 2.75) is 25.8 Å². The molecule has 1 fully saturated rings. The third-order valence-electron chi connectivity index (χ3n) is 3.79. The SMILES string of the molecule is CCN(C(=O)Cc1cn2ccsc2n1)C1CCS(=O)(=O)C1. The van der Waals surface area contributed by atoms with Crippen molar-refractivity contribution in [3.8, 4) is 0 Å². The number of imidazole rings is 1. The summed E-state index contributed by atoms with van der Waals surface area (Å²) in [5.74, 6) is 0.220. The van der Waals surface area contributed by atoms with Gasteiger partial charge < -0.3 is 4.90 Å². The molecule has 1 unspecified atom stereocenters. The molecule has 0 saturated carbocycles. The number of hydrogen-bond acceptors (Lipinski definition) is 5. The quantitative estimate of drug-likeness (QED) is 0.839. The zero-order valence-corrected chi connectivity index (χ0v) is 13.4. The number of hydrogen-bond donors (Lipinski definition) is 0. The lowest BCUT2D eigenvalue weighted by Crippen LogP contribution is -2.41. The highest BCUT2D eigenvalue weighted by Gasteiger charge is 2.33. The van der Waals surface area contributed by atoms with E-state index in [0.717, 1.165) is 10.7 Å². The van der Waals surface area contributed by atoms with Crippen LogP contribution in [0.5, 0.6) is 0 Å². The molecule has 1 aliphatic rings. The lowest BCUT2D eigenvalue weighted by molar-refractivity contribution is -0.132. The van der Waals surface area contributed by atoms with Crippen LogP contribution in [0.4, 0.5) is 0 Å².